The molecule has 5 heteroatoms. The van der Waals surface area contributed by atoms with Gasteiger partial charge in [0.15, 0.2) is 11.4 Å². The second kappa shape index (κ2) is 8.45. The number of esters is 1. The number of carbonyl (C=O) groups is 1. The molecule has 0 spiro atoms. The molecule has 0 saturated heterocycles. The van der Waals surface area contributed by atoms with Gasteiger partial charge in [0.1, 0.15) is 12.4 Å². The quantitative estimate of drug-likeness (QED) is 0.577. The number of aryl methyl sites for hydroxylation is 1. The summed E-state index contributed by atoms with van der Waals surface area (Å²) < 4.78 is 18.3. The molecule has 0 aliphatic rings. The molecule has 3 aromatic rings. The molecule has 0 aliphatic carbocycles. The second-order valence-corrected chi connectivity index (χ2v) is 6.05. The molecule has 0 unspecified atom stereocenters. The summed E-state index contributed by atoms with van der Waals surface area (Å²) in [5, 5.41) is 0. The van der Waals surface area contributed by atoms with E-state index in [1.54, 1.807) is 18.6 Å². The molecule has 0 fully saturated rings. The molecule has 1 aromatic heterocycles. The smallest absolute Gasteiger partial charge is 0.359 e. The number of methoxy groups -OCH3 is 1. The second-order valence-electron chi connectivity index (χ2n) is 6.05. The zero-order valence-corrected chi connectivity index (χ0v) is 15.8. The van der Waals surface area contributed by atoms with Crippen molar-refractivity contribution < 1.29 is 19.0 Å². The molecule has 0 amide bonds. The van der Waals surface area contributed by atoms with E-state index in [4.69, 9.17) is 14.2 Å². The van der Waals surface area contributed by atoms with E-state index in [-0.39, 0.29) is 0 Å². The Bertz CT molecular complexity index is 898. The van der Waals surface area contributed by atoms with E-state index in [1.807, 2.05) is 67.7 Å². The molecule has 27 heavy (non-hydrogen) atoms. The fourth-order valence-corrected chi connectivity index (χ4v) is 2.86. The van der Waals surface area contributed by atoms with Crippen LogP contribution in [0.4, 0.5) is 0 Å². The minimum absolute atomic E-state index is 0.295. The molecule has 5 nitrogen and oxygen atoms in total. The van der Waals surface area contributed by atoms with Gasteiger partial charge in [-0.15, -0.1) is 0 Å². The van der Waals surface area contributed by atoms with Crippen LogP contribution in [0, 0.1) is 6.92 Å². The number of rotatable bonds is 7. The number of hydrogen-bond donors (Lipinski definition) is 0. The highest BCUT2D eigenvalue weighted by Crippen LogP contribution is 2.31. The lowest BCUT2D eigenvalue weighted by molar-refractivity contribution is 0.0511. The topological polar surface area (TPSA) is 49.7 Å². The third kappa shape index (κ3) is 4.14. The lowest BCUT2D eigenvalue weighted by Gasteiger charge is -2.12. The molecule has 140 valence electrons. The molecule has 0 saturated carbocycles. The van der Waals surface area contributed by atoms with Crippen molar-refractivity contribution in [2.24, 2.45) is 0 Å². The van der Waals surface area contributed by atoms with Crippen LogP contribution in [0.15, 0.2) is 60.8 Å². The van der Waals surface area contributed by atoms with Gasteiger partial charge in [0.25, 0.3) is 0 Å². The monoisotopic (exact) mass is 365 g/mol. The zero-order chi connectivity index (χ0) is 19.2. The molecule has 3 rings (SSSR count). The standard InChI is InChI=1S/C22H23NO4/c1-4-26-22(24)20-21(27-15-17-8-6-5-7-9-17)16(2)14-23(20)18-10-12-19(25-3)13-11-18/h5-14H,4,15H2,1-3H3. The third-order valence-electron chi connectivity index (χ3n) is 4.18. The van der Waals surface area contributed by atoms with Crippen molar-refractivity contribution in [3.05, 3.63) is 77.6 Å². The van der Waals surface area contributed by atoms with Crippen molar-refractivity contribution in [3.63, 3.8) is 0 Å². The van der Waals surface area contributed by atoms with E-state index in [0.29, 0.717) is 24.7 Å². The Morgan fingerprint density at radius 2 is 1.74 bits per heavy atom. The summed E-state index contributed by atoms with van der Waals surface area (Å²) in [6.45, 7) is 4.38. The fraction of sp³-hybridized carbons (Fsp3) is 0.227. The van der Waals surface area contributed by atoms with Crippen molar-refractivity contribution in [2.45, 2.75) is 20.5 Å². The van der Waals surface area contributed by atoms with Crippen LogP contribution in [0.25, 0.3) is 5.69 Å². The predicted molar refractivity (Wildman–Crippen MR) is 104 cm³/mol. The molecular formula is C22H23NO4. The van der Waals surface area contributed by atoms with Crippen molar-refractivity contribution in [2.75, 3.05) is 13.7 Å². The van der Waals surface area contributed by atoms with Crippen LogP contribution < -0.4 is 9.47 Å². The first-order valence-corrected chi connectivity index (χ1v) is 8.84. The fourth-order valence-electron chi connectivity index (χ4n) is 2.86. The highest BCUT2D eigenvalue weighted by atomic mass is 16.5. The first kappa shape index (κ1) is 18.6. The average molecular weight is 365 g/mol. The lowest BCUT2D eigenvalue weighted by Crippen LogP contribution is -2.12. The maximum atomic E-state index is 12.7. The van der Waals surface area contributed by atoms with E-state index in [1.165, 1.54) is 0 Å². The minimum Gasteiger partial charge on any atom is -0.497 e. The number of benzene rings is 2. The Morgan fingerprint density at radius 1 is 1.04 bits per heavy atom. The van der Waals surface area contributed by atoms with Crippen molar-refractivity contribution >= 4 is 5.97 Å². The Kier molecular flexibility index (Phi) is 5.81. The molecule has 2 aromatic carbocycles. The SMILES string of the molecule is CCOC(=O)c1c(OCc2ccccc2)c(C)cn1-c1ccc(OC)cc1. The third-order valence-corrected chi connectivity index (χ3v) is 4.18. The van der Waals surface area contributed by atoms with Gasteiger partial charge in [-0.25, -0.2) is 4.79 Å². The summed E-state index contributed by atoms with van der Waals surface area (Å²) in [7, 11) is 1.62. The van der Waals surface area contributed by atoms with Crippen LogP contribution >= 0.6 is 0 Å². The number of hydrogen-bond acceptors (Lipinski definition) is 4. The molecule has 0 atom stereocenters. The Labute approximate surface area is 159 Å². The number of nitrogens with zero attached hydrogens (tertiary/aromatic N) is 1. The van der Waals surface area contributed by atoms with Gasteiger partial charge in [0.2, 0.25) is 0 Å². The van der Waals surface area contributed by atoms with Gasteiger partial charge in [-0.05, 0) is 43.7 Å². The van der Waals surface area contributed by atoms with E-state index in [2.05, 4.69) is 0 Å². The van der Waals surface area contributed by atoms with Gasteiger partial charge in [0, 0.05) is 17.4 Å². The predicted octanol–water partition coefficient (Wildman–Crippen LogP) is 4.55. The van der Waals surface area contributed by atoms with Gasteiger partial charge in [-0.2, -0.15) is 0 Å². The molecule has 0 aliphatic heterocycles. The van der Waals surface area contributed by atoms with Gasteiger partial charge in [-0.3, -0.25) is 0 Å². The van der Waals surface area contributed by atoms with Gasteiger partial charge >= 0.3 is 5.97 Å². The van der Waals surface area contributed by atoms with E-state index in [9.17, 15) is 4.79 Å². The number of carbonyl (C=O) groups excluding carboxylic acids is 1. The lowest BCUT2D eigenvalue weighted by atomic mass is 10.2. The number of aromatic nitrogens is 1. The minimum atomic E-state index is -0.413. The Morgan fingerprint density at radius 3 is 2.37 bits per heavy atom. The van der Waals surface area contributed by atoms with Crippen LogP contribution in [0.3, 0.4) is 0 Å². The summed E-state index contributed by atoms with van der Waals surface area (Å²) in [5.74, 6) is 0.874. The molecule has 0 radical (unpaired) electrons. The largest absolute Gasteiger partial charge is 0.497 e. The molecular weight excluding hydrogens is 342 g/mol. The van der Waals surface area contributed by atoms with Gasteiger partial charge in [-0.1, -0.05) is 30.3 Å². The summed E-state index contributed by atoms with van der Waals surface area (Å²) >= 11 is 0. The van der Waals surface area contributed by atoms with Crippen LogP contribution in [0.2, 0.25) is 0 Å². The molecule has 0 bridgehead atoms. The highest BCUT2D eigenvalue weighted by molar-refractivity contribution is 5.92. The highest BCUT2D eigenvalue weighted by Gasteiger charge is 2.24. The summed E-state index contributed by atoms with van der Waals surface area (Å²) in [4.78, 5) is 12.7. The normalized spacial score (nSPS) is 10.5. The Hall–Kier alpha value is -3.21. The van der Waals surface area contributed by atoms with Crippen LogP contribution in [-0.4, -0.2) is 24.3 Å². The molecule has 1 heterocycles. The zero-order valence-electron chi connectivity index (χ0n) is 15.8. The molecule has 0 N–H and O–H groups in total. The van der Waals surface area contributed by atoms with Gasteiger partial charge < -0.3 is 18.8 Å². The van der Waals surface area contributed by atoms with E-state index >= 15 is 0 Å². The van der Waals surface area contributed by atoms with Crippen LogP contribution in [0.5, 0.6) is 11.5 Å². The maximum Gasteiger partial charge on any atom is 0.359 e. The van der Waals surface area contributed by atoms with Crippen molar-refractivity contribution in [1.29, 1.82) is 0 Å². The van der Waals surface area contributed by atoms with E-state index < -0.39 is 5.97 Å². The van der Waals surface area contributed by atoms with Crippen LogP contribution in [0.1, 0.15) is 28.5 Å². The Balaban J connectivity index is 1.98. The average Bonchev–Trinajstić information content (AvgIpc) is 3.04. The van der Waals surface area contributed by atoms with E-state index in [0.717, 1.165) is 22.6 Å². The van der Waals surface area contributed by atoms with Gasteiger partial charge in [0.05, 0.1) is 13.7 Å². The maximum absolute atomic E-state index is 12.7. The van der Waals surface area contributed by atoms with Crippen molar-refractivity contribution in [3.8, 4) is 17.2 Å². The summed E-state index contributed by atoms with van der Waals surface area (Å²) in [5.41, 5.74) is 3.11. The first-order valence-electron chi connectivity index (χ1n) is 8.84. The summed E-state index contributed by atoms with van der Waals surface area (Å²) in [6, 6.07) is 17.3. The first-order chi connectivity index (χ1) is 13.1. The number of ether oxygens (including phenoxy) is 3. The van der Waals surface area contributed by atoms with Crippen LogP contribution in [-0.2, 0) is 11.3 Å². The summed E-state index contributed by atoms with van der Waals surface area (Å²) in [6.07, 6.45) is 1.88. The van der Waals surface area contributed by atoms with Crippen molar-refractivity contribution in [1.82, 2.24) is 4.57 Å².